The summed E-state index contributed by atoms with van der Waals surface area (Å²) < 4.78 is 5.64. The molecule has 0 N–H and O–H groups in total. The number of hydrogen-bond acceptors (Lipinski definition) is 5. The third-order valence-corrected chi connectivity index (χ3v) is 4.51. The summed E-state index contributed by atoms with van der Waals surface area (Å²) in [5.74, 6) is 3.03. The predicted molar refractivity (Wildman–Crippen MR) is 88.4 cm³/mol. The van der Waals surface area contributed by atoms with Gasteiger partial charge in [0.15, 0.2) is 5.82 Å². The fraction of sp³-hybridized carbons (Fsp3) is 0.706. The number of anilines is 1. The molecule has 2 atom stereocenters. The van der Waals surface area contributed by atoms with Gasteiger partial charge in [-0.15, -0.1) is 0 Å². The lowest BCUT2D eigenvalue weighted by Crippen LogP contribution is -2.49. The second-order valence-corrected chi connectivity index (χ2v) is 7.05. The highest BCUT2D eigenvalue weighted by molar-refractivity contribution is 5.81. The maximum atomic E-state index is 12.3. The normalized spacial score (nSPS) is 24.0. The topological polar surface area (TPSA) is 58.6 Å². The number of hydrogen-bond donors (Lipinski definition) is 0. The second-order valence-electron chi connectivity index (χ2n) is 7.05. The summed E-state index contributed by atoms with van der Waals surface area (Å²) in [6, 6.07) is 0. The average Bonchev–Trinajstić information content (AvgIpc) is 3.29. The molecule has 0 spiro atoms. The molecule has 6 heteroatoms. The molecule has 0 aromatic carbocycles. The second kappa shape index (κ2) is 6.72. The molecule has 1 saturated heterocycles. The largest absolute Gasteiger partial charge is 0.476 e. The van der Waals surface area contributed by atoms with E-state index in [-0.39, 0.29) is 5.92 Å². The van der Waals surface area contributed by atoms with Crippen LogP contribution in [0.4, 0.5) is 5.82 Å². The molecule has 1 amide bonds. The van der Waals surface area contributed by atoms with E-state index in [2.05, 4.69) is 35.6 Å². The summed E-state index contributed by atoms with van der Waals surface area (Å²) in [4.78, 5) is 25.2. The Balaban J connectivity index is 1.55. The van der Waals surface area contributed by atoms with Crippen molar-refractivity contribution in [3.8, 4) is 5.88 Å². The van der Waals surface area contributed by atoms with Crippen LogP contribution < -0.4 is 9.64 Å². The molecule has 1 aliphatic carbocycles. The van der Waals surface area contributed by atoms with E-state index < -0.39 is 0 Å². The number of piperazine rings is 1. The Hall–Kier alpha value is -1.85. The number of rotatable bonds is 5. The highest BCUT2D eigenvalue weighted by Crippen LogP contribution is 2.39. The summed E-state index contributed by atoms with van der Waals surface area (Å²) >= 11 is 0. The molecule has 0 unspecified atom stereocenters. The van der Waals surface area contributed by atoms with Crippen molar-refractivity contribution in [1.82, 2.24) is 14.9 Å². The van der Waals surface area contributed by atoms with Gasteiger partial charge in [0.1, 0.15) is 0 Å². The zero-order valence-electron chi connectivity index (χ0n) is 14.2. The van der Waals surface area contributed by atoms with Crippen LogP contribution in [0.3, 0.4) is 0 Å². The van der Waals surface area contributed by atoms with Gasteiger partial charge in [-0.2, -0.15) is 4.98 Å². The Morgan fingerprint density at radius 1 is 1.30 bits per heavy atom. The van der Waals surface area contributed by atoms with Gasteiger partial charge in [0.25, 0.3) is 0 Å². The van der Waals surface area contributed by atoms with Gasteiger partial charge in [0, 0.05) is 32.1 Å². The van der Waals surface area contributed by atoms with Crippen LogP contribution in [0.15, 0.2) is 12.4 Å². The van der Waals surface area contributed by atoms with Crippen LogP contribution >= 0.6 is 0 Å². The third kappa shape index (κ3) is 3.92. The molecule has 6 nitrogen and oxygen atoms in total. The van der Waals surface area contributed by atoms with E-state index in [1.54, 1.807) is 12.4 Å². The van der Waals surface area contributed by atoms with Crippen LogP contribution in [0.25, 0.3) is 0 Å². The smallest absolute Gasteiger partial charge is 0.234 e. The third-order valence-electron chi connectivity index (χ3n) is 4.51. The summed E-state index contributed by atoms with van der Waals surface area (Å²) in [7, 11) is 0. The highest BCUT2D eigenvalue weighted by atomic mass is 16.5. The minimum Gasteiger partial charge on any atom is -0.476 e. The van der Waals surface area contributed by atoms with Crippen LogP contribution in [0.2, 0.25) is 0 Å². The molecule has 2 fully saturated rings. The van der Waals surface area contributed by atoms with Crippen molar-refractivity contribution in [3.63, 3.8) is 0 Å². The number of amides is 1. The van der Waals surface area contributed by atoms with Crippen molar-refractivity contribution in [1.29, 1.82) is 0 Å². The summed E-state index contributed by atoms with van der Waals surface area (Å²) in [6.07, 6.45) is 4.47. The number of aromatic nitrogens is 2. The predicted octanol–water partition coefficient (Wildman–Crippen LogP) is 1.82. The number of carbonyl (C=O) groups is 1. The van der Waals surface area contributed by atoms with Crippen LogP contribution in [-0.2, 0) is 4.79 Å². The van der Waals surface area contributed by atoms with Gasteiger partial charge in [-0.25, -0.2) is 0 Å². The summed E-state index contributed by atoms with van der Waals surface area (Å²) in [5, 5.41) is 0. The first-order valence-corrected chi connectivity index (χ1v) is 8.53. The molecule has 1 aromatic heterocycles. The van der Waals surface area contributed by atoms with Crippen molar-refractivity contribution >= 4 is 11.7 Å². The van der Waals surface area contributed by atoms with Crippen LogP contribution in [0.1, 0.15) is 27.2 Å². The SMILES string of the molecule is CC(C)COc1cncc(N2CCN(C(=O)[C@@H]3C[C@H]3C)CC2)n1. The quantitative estimate of drug-likeness (QED) is 0.829. The fourth-order valence-corrected chi connectivity index (χ4v) is 2.87. The molecule has 0 bridgehead atoms. The van der Waals surface area contributed by atoms with Crippen molar-refractivity contribution in [2.24, 2.45) is 17.8 Å². The van der Waals surface area contributed by atoms with Crippen molar-refractivity contribution in [3.05, 3.63) is 12.4 Å². The molecular weight excluding hydrogens is 292 g/mol. The maximum absolute atomic E-state index is 12.3. The molecule has 1 aromatic rings. The van der Waals surface area contributed by atoms with E-state index in [4.69, 9.17) is 4.74 Å². The number of nitrogens with zero attached hydrogens (tertiary/aromatic N) is 4. The van der Waals surface area contributed by atoms with Crippen molar-refractivity contribution in [2.75, 3.05) is 37.7 Å². The van der Waals surface area contributed by atoms with E-state index in [1.807, 2.05) is 4.90 Å². The monoisotopic (exact) mass is 318 g/mol. The average molecular weight is 318 g/mol. The van der Waals surface area contributed by atoms with Gasteiger partial charge in [0.05, 0.1) is 19.0 Å². The lowest BCUT2D eigenvalue weighted by atomic mass is 10.2. The Kier molecular flexibility index (Phi) is 4.68. The van der Waals surface area contributed by atoms with Crippen molar-refractivity contribution < 1.29 is 9.53 Å². The lowest BCUT2D eigenvalue weighted by molar-refractivity contribution is -0.133. The van der Waals surface area contributed by atoms with Crippen molar-refractivity contribution in [2.45, 2.75) is 27.2 Å². The first-order valence-electron chi connectivity index (χ1n) is 8.53. The minimum absolute atomic E-state index is 0.272. The maximum Gasteiger partial charge on any atom is 0.234 e. The van der Waals surface area contributed by atoms with Crippen LogP contribution in [0, 0.1) is 17.8 Å². The minimum atomic E-state index is 0.272. The lowest BCUT2D eigenvalue weighted by Gasteiger charge is -2.35. The Bertz CT molecular complexity index is 555. The first-order chi connectivity index (χ1) is 11.0. The summed E-state index contributed by atoms with van der Waals surface area (Å²) in [5.41, 5.74) is 0. The standard InChI is InChI=1S/C17H26N4O2/c1-12(2)11-23-16-10-18-9-15(19-16)20-4-6-21(7-5-20)17(22)14-8-13(14)3/h9-10,12-14H,4-8,11H2,1-3H3/t13-,14-/m1/s1. The number of carbonyl (C=O) groups excluding carboxylic acids is 1. The van der Waals surface area contributed by atoms with E-state index in [1.165, 1.54) is 0 Å². The van der Waals surface area contributed by atoms with Gasteiger partial charge in [-0.3, -0.25) is 9.78 Å². The fourth-order valence-electron chi connectivity index (χ4n) is 2.87. The molecule has 1 aliphatic heterocycles. The number of ether oxygens (including phenoxy) is 1. The molecule has 23 heavy (non-hydrogen) atoms. The Morgan fingerprint density at radius 2 is 2.00 bits per heavy atom. The molecule has 126 valence electrons. The van der Waals surface area contributed by atoms with Gasteiger partial charge in [-0.05, 0) is 18.3 Å². The van der Waals surface area contributed by atoms with E-state index in [9.17, 15) is 4.79 Å². The molecule has 3 rings (SSSR count). The molecular formula is C17H26N4O2. The zero-order valence-corrected chi connectivity index (χ0v) is 14.2. The van der Waals surface area contributed by atoms with E-state index in [0.29, 0.717) is 30.2 Å². The molecule has 1 saturated carbocycles. The Labute approximate surface area is 137 Å². The molecule has 2 aliphatic rings. The summed E-state index contributed by atoms with van der Waals surface area (Å²) in [6.45, 7) is 10.1. The van der Waals surface area contributed by atoms with E-state index >= 15 is 0 Å². The van der Waals surface area contributed by atoms with Gasteiger partial charge >= 0.3 is 0 Å². The molecule has 0 radical (unpaired) electrons. The van der Waals surface area contributed by atoms with Crippen LogP contribution in [-0.4, -0.2) is 53.6 Å². The Morgan fingerprint density at radius 3 is 2.61 bits per heavy atom. The highest BCUT2D eigenvalue weighted by Gasteiger charge is 2.42. The van der Waals surface area contributed by atoms with Gasteiger partial charge < -0.3 is 14.5 Å². The van der Waals surface area contributed by atoms with Gasteiger partial charge in [0.2, 0.25) is 11.8 Å². The van der Waals surface area contributed by atoms with Gasteiger partial charge in [-0.1, -0.05) is 20.8 Å². The first kappa shape index (κ1) is 16.0. The van der Waals surface area contributed by atoms with Crippen LogP contribution in [0.5, 0.6) is 5.88 Å². The molecule has 2 heterocycles. The zero-order chi connectivity index (χ0) is 16.4. The van der Waals surface area contributed by atoms with E-state index in [0.717, 1.165) is 38.4 Å².